The zero-order valence-electron chi connectivity index (χ0n) is 8.89. The van der Waals surface area contributed by atoms with Gasteiger partial charge in [-0.05, 0) is 28.4 Å². The Morgan fingerprint density at radius 2 is 2.38 bits per heavy atom. The minimum absolute atomic E-state index is 0.00312. The number of rotatable bonds is 6. The van der Waals surface area contributed by atoms with Crippen molar-refractivity contribution in [3.63, 3.8) is 0 Å². The molecule has 1 heterocycles. The van der Waals surface area contributed by atoms with Crippen LogP contribution in [0.3, 0.4) is 0 Å². The molecule has 0 amide bonds. The largest absolute Gasteiger partial charge is 0.481 e. The summed E-state index contributed by atoms with van der Waals surface area (Å²) in [4.78, 5) is 12.3. The number of hydrogen-bond acceptors (Lipinski definition) is 4. The van der Waals surface area contributed by atoms with E-state index < -0.39 is 12.1 Å². The summed E-state index contributed by atoms with van der Waals surface area (Å²) < 4.78 is 1.01. The molecule has 16 heavy (non-hydrogen) atoms. The van der Waals surface area contributed by atoms with E-state index in [-0.39, 0.29) is 12.8 Å². The molecule has 0 aliphatic heterocycles. The Bertz CT molecular complexity index is 356. The topological polar surface area (TPSA) is 60.8 Å². The van der Waals surface area contributed by atoms with E-state index in [1.807, 2.05) is 23.4 Å². The van der Waals surface area contributed by atoms with Gasteiger partial charge in [0.1, 0.15) is 0 Å². The number of carboxylic acids is 1. The van der Waals surface area contributed by atoms with Gasteiger partial charge in [0.2, 0.25) is 0 Å². The van der Waals surface area contributed by atoms with Gasteiger partial charge in [-0.15, -0.1) is 11.3 Å². The minimum Gasteiger partial charge on any atom is -0.481 e. The molecule has 0 saturated heterocycles. The Balaban J connectivity index is 2.39. The summed E-state index contributed by atoms with van der Waals surface area (Å²) in [5.74, 6) is -0.874. The molecule has 6 heteroatoms. The summed E-state index contributed by atoms with van der Waals surface area (Å²) in [5, 5.41) is 21.1. The summed E-state index contributed by atoms with van der Waals surface area (Å²) in [6.07, 6.45) is -0.322. The van der Waals surface area contributed by atoms with Crippen LogP contribution in [-0.4, -0.2) is 35.9 Å². The first kappa shape index (κ1) is 13.5. The summed E-state index contributed by atoms with van der Waals surface area (Å²) in [5.41, 5.74) is 0. The third kappa shape index (κ3) is 4.51. The van der Waals surface area contributed by atoms with E-state index in [9.17, 15) is 9.90 Å². The first-order chi connectivity index (χ1) is 7.49. The zero-order valence-corrected chi connectivity index (χ0v) is 11.3. The van der Waals surface area contributed by atoms with Crippen molar-refractivity contribution >= 4 is 38.2 Å². The number of thiophene rings is 1. The van der Waals surface area contributed by atoms with Crippen LogP contribution in [0.15, 0.2) is 15.9 Å². The number of aliphatic hydroxyl groups excluding tert-OH is 1. The maximum Gasteiger partial charge on any atom is 0.303 e. The smallest absolute Gasteiger partial charge is 0.303 e. The summed E-state index contributed by atoms with van der Waals surface area (Å²) in [6, 6.07) is 1.97. The fourth-order valence-electron chi connectivity index (χ4n) is 1.29. The van der Waals surface area contributed by atoms with Crippen LogP contribution in [0.2, 0.25) is 0 Å². The van der Waals surface area contributed by atoms with Crippen LogP contribution in [0.1, 0.15) is 12.8 Å². The lowest BCUT2D eigenvalue weighted by atomic mass is 10.2. The number of halogens is 1. The standard InChI is InChI=1S/C10H14BrNO3S/c1-12(9-4-7(11)6-16-9)5-8(13)2-3-10(14)15/h4,6,8,13H,2-3,5H2,1H3,(H,14,15). The molecule has 4 nitrogen and oxygen atoms in total. The Labute approximate surface area is 107 Å². The monoisotopic (exact) mass is 307 g/mol. The summed E-state index contributed by atoms with van der Waals surface area (Å²) >= 11 is 4.94. The van der Waals surface area contributed by atoms with Crippen LogP contribution < -0.4 is 4.90 Å². The highest BCUT2D eigenvalue weighted by Crippen LogP contribution is 2.27. The number of carbonyl (C=O) groups is 1. The van der Waals surface area contributed by atoms with Gasteiger partial charge in [-0.1, -0.05) is 0 Å². The fraction of sp³-hybridized carbons (Fsp3) is 0.500. The normalized spacial score (nSPS) is 12.4. The van der Waals surface area contributed by atoms with E-state index in [1.165, 1.54) is 0 Å². The Morgan fingerprint density at radius 3 is 2.88 bits per heavy atom. The molecule has 1 aromatic rings. The van der Waals surface area contributed by atoms with Crippen LogP contribution in [0, 0.1) is 0 Å². The first-order valence-electron chi connectivity index (χ1n) is 4.84. The van der Waals surface area contributed by atoms with E-state index in [1.54, 1.807) is 11.3 Å². The molecule has 0 saturated carbocycles. The molecule has 2 N–H and O–H groups in total. The molecular weight excluding hydrogens is 294 g/mol. The van der Waals surface area contributed by atoms with Crippen molar-refractivity contribution in [1.29, 1.82) is 0 Å². The SMILES string of the molecule is CN(CC(O)CCC(=O)O)c1cc(Br)cs1. The van der Waals surface area contributed by atoms with Gasteiger partial charge in [0.15, 0.2) is 0 Å². The number of likely N-dealkylation sites (N-methyl/N-ethyl adjacent to an activating group) is 1. The fourth-order valence-corrected chi connectivity index (χ4v) is 2.69. The van der Waals surface area contributed by atoms with Gasteiger partial charge in [-0.2, -0.15) is 0 Å². The molecule has 90 valence electrons. The predicted octanol–water partition coefficient (Wildman–Crippen LogP) is 2.17. The number of anilines is 1. The molecule has 1 aromatic heterocycles. The molecule has 1 rings (SSSR count). The van der Waals surface area contributed by atoms with Crippen LogP contribution >= 0.6 is 27.3 Å². The second kappa shape index (κ2) is 6.22. The maximum atomic E-state index is 10.3. The molecule has 0 bridgehead atoms. The van der Waals surface area contributed by atoms with Crippen molar-refractivity contribution in [3.8, 4) is 0 Å². The van der Waals surface area contributed by atoms with Crippen LogP contribution in [0.4, 0.5) is 5.00 Å². The van der Waals surface area contributed by atoms with Crippen molar-refractivity contribution in [3.05, 3.63) is 15.9 Å². The van der Waals surface area contributed by atoms with Crippen molar-refractivity contribution in [2.24, 2.45) is 0 Å². The van der Waals surface area contributed by atoms with Gasteiger partial charge < -0.3 is 15.1 Å². The zero-order chi connectivity index (χ0) is 12.1. The number of carboxylic acid groups (broad SMARTS) is 1. The second-order valence-corrected chi connectivity index (χ2v) is 5.38. The average molecular weight is 308 g/mol. The van der Waals surface area contributed by atoms with Gasteiger partial charge in [-0.3, -0.25) is 4.79 Å². The lowest BCUT2D eigenvalue weighted by Crippen LogP contribution is -2.28. The van der Waals surface area contributed by atoms with Gasteiger partial charge >= 0.3 is 5.97 Å². The second-order valence-electron chi connectivity index (χ2n) is 3.57. The Hall–Kier alpha value is -0.590. The van der Waals surface area contributed by atoms with Crippen molar-refractivity contribution < 1.29 is 15.0 Å². The van der Waals surface area contributed by atoms with Crippen molar-refractivity contribution in [2.45, 2.75) is 18.9 Å². The molecule has 0 radical (unpaired) electrons. The molecule has 0 aliphatic rings. The Kier molecular flexibility index (Phi) is 5.24. The molecule has 1 unspecified atom stereocenters. The Morgan fingerprint density at radius 1 is 1.69 bits per heavy atom. The van der Waals surface area contributed by atoms with Crippen molar-refractivity contribution in [1.82, 2.24) is 0 Å². The molecule has 0 spiro atoms. The number of nitrogens with zero attached hydrogens (tertiary/aromatic N) is 1. The van der Waals surface area contributed by atoms with Crippen LogP contribution in [-0.2, 0) is 4.79 Å². The quantitative estimate of drug-likeness (QED) is 0.845. The van der Waals surface area contributed by atoms with E-state index >= 15 is 0 Å². The van der Waals surface area contributed by atoms with Gasteiger partial charge in [0, 0.05) is 29.9 Å². The van der Waals surface area contributed by atoms with E-state index in [2.05, 4.69) is 15.9 Å². The first-order valence-corrected chi connectivity index (χ1v) is 6.51. The highest BCUT2D eigenvalue weighted by molar-refractivity contribution is 9.10. The highest BCUT2D eigenvalue weighted by atomic mass is 79.9. The van der Waals surface area contributed by atoms with Crippen LogP contribution in [0.5, 0.6) is 0 Å². The average Bonchev–Trinajstić information content (AvgIpc) is 2.62. The molecule has 1 atom stereocenters. The van der Waals surface area contributed by atoms with E-state index in [0.717, 1.165) is 9.47 Å². The van der Waals surface area contributed by atoms with Gasteiger partial charge in [-0.25, -0.2) is 0 Å². The van der Waals surface area contributed by atoms with Gasteiger partial charge in [0.05, 0.1) is 11.1 Å². The molecule has 0 fully saturated rings. The number of aliphatic hydroxyl groups is 1. The molecule has 0 aromatic carbocycles. The third-order valence-corrected chi connectivity index (χ3v) is 3.91. The number of hydrogen-bond donors (Lipinski definition) is 2. The molecule has 0 aliphatic carbocycles. The van der Waals surface area contributed by atoms with Crippen LogP contribution in [0.25, 0.3) is 0 Å². The predicted molar refractivity (Wildman–Crippen MR) is 68.2 cm³/mol. The maximum absolute atomic E-state index is 10.3. The lowest BCUT2D eigenvalue weighted by Gasteiger charge is -2.20. The van der Waals surface area contributed by atoms with E-state index in [0.29, 0.717) is 6.54 Å². The van der Waals surface area contributed by atoms with E-state index in [4.69, 9.17) is 5.11 Å². The lowest BCUT2D eigenvalue weighted by molar-refractivity contribution is -0.137. The molecular formula is C10H14BrNO3S. The summed E-state index contributed by atoms with van der Waals surface area (Å²) in [7, 11) is 1.88. The third-order valence-electron chi connectivity index (χ3n) is 2.11. The summed E-state index contributed by atoms with van der Waals surface area (Å²) in [6.45, 7) is 0.445. The number of aliphatic carboxylic acids is 1. The highest BCUT2D eigenvalue weighted by Gasteiger charge is 2.11. The van der Waals surface area contributed by atoms with Crippen molar-refractivity contribution in [2.75, 3.05) is 18.5 Å². The minimum atomic E-state index is -0.874. The van der Waals surface area contributed by atoms with Gasteiger partial charge in [0.25, 0.3) is 0 Å².